The van der Waals surface area contributed by atoms with Gasteiger partial charge in [0.25, 0.3) is 5.78 Å². The molecule has 1 fully saturated rings. The second kappa shape index (κ2) is 11.6. The van der Waals surface area contributed by atoms with Crippen LogP contribution in [-0.4, -0.2) is 52.7 Å². The highest BCUT2D eigenvalue weighted by Gasteiger charge is 2.48. The first-order chi connectivity index (χ1) is 18.7. The summed E-state index contributed by atoms with van der Waals surface area (Å²) in [4.78, 5) is 45.1. The molecule has 1 aliphatic heterocycles. The van der Waals surface area contributed by atoms with E-state index in [0.717, 1.165) is 16.2 Å². The highest BCUT2D eigenvalue weighted by molar-refractivity contribution is 7.17. The molecule has 3 aromatic rings. The molecule has 1 aromatic heterocycles. The third-order valence-corrected chi connectivity index (χ3v) is 7.05. The van der Waals surface area contributed by atoms with Gasteiger partial charge in [0.15, 0.2) is 16.6 Å². The van der Waals surface area contributed by atoms with E-state index in [9.17, 15) is 24.6 Å². The minimum absolute atomic E-state index is 0.0794. The molecule has 2 N–H and O–H groups in total. The molecule has 39 heavy (non-hydrogen) atoms. The van der Waals surface area contributed by atoms with Crippen LogP contribution in [0.2, 0.25) is 0 Å². The van der Waals surface area contributed by atoms with Crippen molar-refractivity contribution in [3.05, 3.63) is 69.7 Å². The van der Waals surface area contributed by atoms with Crippen molar-refractivity contribution in [2.24, 2.45) is 0 Å². The van der Waals surface area contributed by atoms with Gasteiger partial charge in [-0.25, -0.2) is 9.78 Å². The zero-order chi connectivity index (χ0) is 28.3. The number of aromatic nitrogens is 1. The Morgan fingerprint density at radius 1 is 1.05 bits per heavy atom. The van der Waals surface area contributed by atoms with E-state index in [2.05, 4.69) is 4.98 Å². The van der Waals surface area contributed by atoms with Gasteiger partial charge in [-0.3, -0.25) is 14.5 Å². The smallest absolute Gasteiger partial charge is 0.350 e. The number of ketones is 1. The summed E-state index contributed by atoms with van der Waals surface area (Å²) in [6, 6.07) is 9.80. The molecule has 1 atom stereocenters. The quantitative estimate of drug-likeness (QED) is 0.167. The number of aliphatic hydroxyl groups excluding tert-OH is 1. The molecular formula is C28H28N2O8S. The molecule has 10 nitrogen and oxygen atoms in total. The average molecular weight is 553 g/mol. The Bertz CT molecular complexity index is 1460. The van der Waals surface area contributed by atoms with Crippen LogP contribution in [0, 0.1) is 6.92 Å². The van der Waals surface area contributed by atoms with Crippen molar-refractivity contribution in [1.29, 1.82) is 0 Å². The highest BCUT2D eigenvalue weighted by atomic mass is 32.1. The molecule has 1 aliphatic rings. The molecule has 0 bridgehead atoms. The molecule has 11 heteroatoms. The maximum atomic E-state index is 13.5. The van der Waals surface area contributed by atoms with E-state index in [1.807, 2.05) is 6.92 Å². The number of ether oxygens (including phenoxy) is 3. The number of esters is 1. The second-order valence-corrected chi connectivity index (χ2v) is 9.40. The van der Waals surface area contributed by atoms with Crippen molar-refractivity contribution >= 4 is 39.9 Å². The third-order valence-electron chi connectivity index (χ3n) is 5.91. The molecule has 204 valence electrons. The number of rotatable bonds is 9. The number of thiazole rings is 1. The number of amides is 1. The summed E-state index contributed by atoms with van der Waals surface area (Å²) in [6.07, 6.45) is 0. The van der Waals surface area contributed by atoms with E-state index >= 15 is 0 Å². The number of aryl methyl sites for hydroxylation is 1. The van der Waals surface area contributed by atoms with Gasteiger partial charge in [0.05, 0.1) is 37.1 Å². The number of nitrogens with zero attached hydrogens (tertiary/aromatic N) is 2. The van der Waals surface area contributed by atoms with Crippen LogP contribution in [0.1, 0.15) is 53.3 Å². The summed E-state index contributed by atoms with van der Waals surface area (Å²) in [6.45, 7) is 7.66. The zero-order valence-electron chi connectivity index (χ0n) is 21.9. The molecule has 0 radical (unpaired) electrons. The summed E-state index contributed by atoms with van der Waals surface area (Å²) in [5, 5.41) is 21.7. The number of carbonyl (C=O) groups excluding carboxylic acids is 3. The summed E-state index contributed by atoms with van der Waals surface area (Å²) in [7, 11) is 0. The maximum Gasteiger partial charge on any atom is 0.350 e. The first kappa shape index (κ1) is 27.6. The molecule has 1 amide bonds. The lowest BCUT2D eigenvalue weighted by atomic mass is 9.95. The largest absolute Gasteiger partial charge is 0.507 e. The van der Waals surface area contributed by atoms with Crippen molar-refractivity contribution in [1.82, 2.24) is 4.98 Å². The van der Waals surface area contributed by atoms with E-state index < -0.39 is 29.5 Å². The minimum atomic E-state index is -1.14. The summed E-state index contributed by atoms with van der Waals surface area (Å²) >= 11 is 0.908. The van der Waals surface area contributed by atoms with Crippen LogP contribution >= 0.6 is 11.3 Å². The molecule has 1 saturated heterocycles. The number of hydrogen-bond acceptors (Lipinski definition) is 10. The number of aliphatic hydroxyl groups is 1. The van der Waals surface area contributed by atoms with E-state index in [-0.39, 0.29) is 45.9 Å². The van der Waals surface area contributed by atoms with Crippen LogP contribution in [0.3, 0.4) is 0 Å². The Labute approximate surface area is 229 Å². The lowest BCUT2D eigenvalue weighted by Gasteiger charge is -2.23. The van der Waals surface area contributed by atoms with Crippen LogP contribution in [0.5, 0.6) is 17.2 Å². The molecule has 0 spiro atoms. The van der Waals surface area contributed by atoms with Gasteiger partial charge in [-0.2, -0.15) is 0 Å². The lowest BCUT2D eigenvalue weighted by Crippen LogP contribution is -2.29. The van der Waals surface area contributed by atoms with Crippen molar-refractivity contribution in [2.75, 3.05) is 24.7 Å². The molecule has 0 aliphatic carbocycles. The predicted octanol–water partition coefficient (Wildman–Crippen LogP) is 4.76. The Balaban J connectivity index is 1.93. The standard InChI is InChI=1S/C28H28N2O8S/c1-5-36-18-10-8-9-17(13-18)23(32)21-22(16-11-12-19(31)20(14-16)37-6-2)30(26(34)24(21)33)28-29-15(4)25(39-28)27(35)38-7-3/h8-14,22,31-32H,5-7H2,1-4H3/b23-21+. The van der Waals surface area contributed by atoms with Crippen LogP contribution in [0.25, 0.3) is 5.76 Å². The number of benzene rings is 2. The van der Waals surface area contributed by atoms with Gasteiger partial charge in [-0.05, 0) is 57.5 Å². The maximum absolute atomic E-state index is 13.5. The molecule has 4 rings (SSSR count). The van der Waals surface area contributed by atoms with Gasteiger partial charge in [0.1, 0.15) is 16.4 Å². The van der Waals surface area contributed by atoms with Crippen LogP contribution in [0.15, 0.2) is 48.0 Å². The van der Waals surface area contributed by atoms with E-state index in [4.69, 9.17) is 14.2 Å². The van der Waals surface area contributed by atoms with Gasteiger partial charge < -0.3 is 24.4 Å². The first-order valence-corrected chi connectivity index (χ1v) is 13.2. The Hall–Kier alpha value is -4.38. The summed E-state index contributed by atoms with van der Waals surface area (Å²) < 4.78 is 16.2. The van der Waals surface area contributed by atoms with Gasteiger partial charge in [-0.1, -0.05) is 29.5 Å². The second-order valence-electron chi connectivity index (χ2n) is 8.42. The van der Waals surface area contributed by atoms with Crippen molar-refractivity contribution in [2.45, 2.75) is 33.7 Å². The van der Waals surface area contributed by atoms with Gasteiger partial charge in [-0.15, -0.1) is 0 Å². The lowest BCUT2D eigenvalue weighted by molar-refractivity contribution is -0.132. The first-order valence-electron chi connectivity index (χ1n) is 12.4. The van der Waals surface area contributed by atoms with E-state index in [1.54, 1.807) is 45.0 Å². The molecule has 1 unspecified atom stereocenters. The van der Waals surface area contributed by atoms with Crippen molar-refractivity contribution < 1.29 is 38.8 Å². The highest BCUT2D eigenvalue weighted by Crippen LogP contribution is 2.45. The third kappa shape index (κ3) is 5.30. The monoisotopic (exact) mass is 552 g/mol. The van der Waals surface area contributed by atoms with Crippen molar-refractivity contribution in [3.8, 4) is 17.2 Å². The average Bonchev–Trinajstić information content (AvgIpc) is 3.42. The van der Waals surface area contributed by atoms with Crippen LogP contribution in [0.4, 0.5) is 5.13 Å². The molecule has 2 heterocycles. The molecular weight excluding hydrogens is 524 g/mol. The Morgan fingerprint density at radius 2 is 1.79 bits per heavy atom. The topological polar surface area (TPSA) is 135 Å². The zero-order valence-corrected chi connectivity index (χ0v) is 22.7. The van der Waals surface area contributed by atoms with Gasteiger partial charge in [0, 0.05) is 5.56 Å². The number of aromatic hydroxyl groups is 1. The number of phenolic OH excluding ortho intramolecular Hbond substituents is 1. The summed E-state index contributed by atoms with van der Waals surface area (Å²) in [5.41, 5.74) is 0.797. The Kier molecular flexibility index (Phi) is 8.20. The summed E-state index contributed by atoms with van der Waals surface area (Å²) in [5.74, 6) is -2.38. The van der Waals surface area contributed by atoms with Gasteiger partial charge in [0.2, 0.25) is 0 Å². The number of Topliss-reactive ketones (excluding diaryl/α,β-unsaturated/α-hetero) is 1. The van der Waals surface area contributed by atoms with Gasteiger partial charge >= 0.3 is 11.9 Å². The number of phenols is 1. The van der Waals surface area contributed by atoms with Crippen LogP contribution < -0.4 is 14.4 Å². The fourth-order valence-corrected chi connectivity index (χ4v) is 5.23. The fraction of sp³-hybridized carbons (Fsp3) is 0.286. The number of hydrogen-bond donors (Lipinski definition) is 2. The van der Waals surface area contributed by atoms with E-state index in [0.29, 0.717) is 23.6 Å². The molecule has 0 saturated carbocycles. The number of carbonyl (C=O) groups is 3. The minimum Gasteiger partial charge on any atom is -0.507 e. The SMILES string of the molecule is CCOC(=O)c1sc(N2C(=O)C(=O)/C(=C(/O)c3cccc(OCC)c3)C2c2ccc(O)c(OCC)c2)nc1C. The normalized spacial score (nSPS) is 16.4. The Morgan fingerprint density at radius 3 is 2.49 bits per heavy atom. The predicted molar refractivity (Wildman–Crippen MR) is 144 cm³/mol. The van der Waals surface area contributed by atoms with Crippen molar-refractivity contribution in [3.63, 3.8) is 0 Å². The van der Waals surface area contributed by atoms with Crippen LogP contribution in [-0.2, 0) is 14.3 Å². The number of anilines is 1. The van der Waals surface area contributed by atoms with E-state index in [1.165, 1.54) is 18.2 Å². The fourth-order valence-electron chi connectivity index (χ4n) is 4.24. The molecule has 2 aromatic carbocycles.